The molecule has 3 N–H and O–H groups in total. The smallest absolute Gasteiger partial charge is 0.269 e. The standard InChI is InChI=1S/C25H20F3N5O4S/c26-17-7-4-14(13-38(36,37)18-3-1-10-33-11-9-29-24(18)33)20(27)19(17)15-5-6-16-22(21(15)28)31-32-23(16)25(35)30-8-2-12-34/h1,3-7,9-11,34H,2,8,12-13H2,(H,30,35)(H,31,32). The molecule has 0 fully saturated rings. The zero-order valence-corrected chi connectivity index (χ0v) is 20.4. The van der Waals surface area contributed by atoms with Gasteiger partial charge in [-0.15, -0.1) is 0 Å². The Balaban J connectivity index is 1.53. The molecule has 0 aliphatic rings. The fourth-order valence-electron chi connectivity index (χ4n) is 4.18. The molecule has 2 aromatic carbocycles. The van der Waals surface area contributed by atoms with Gasteiger partial charge < -0.3 is 14.8 Å². The molecular formula is C25H20F3N5O4S. The molecule has 13 heteroatoms. The van der Waals surface area contributed by atoms with Crippen LogP contribution in [0.15, 0.2) is 59.9 Å². The molecule has 9 nitrogen and oxygen atoms in total. The molecule has 5 rings (SSSR count). The van der Waals surface area contributed by atoms with E-state index in [1.165, 1.54) is 28.8 Å². The maximum Gasteiger partial charge on any atom is 0.269 e. The lowest BCUT2D eigenvalue weighted by Crippen LogP contribution is -2.25. The first-order chi connectivity index (χ1) is 18.2. The number of rotatable bonds is 8. The van der Waals surface area contributed by atoms with Gasteiger partial charge in [-0.2, -0.15) is 5.10 Å². The minimum absolute atomic E-state index is 0.0580. The number of fused-ring (bicyclic) bond motifs is 2. The molecule has 0 bridgehead atoms. The SMILES string of the molecule is O=C(NCCCO)c1[nH]nc2c(F)c(-c3c(F)ccc(CS(=O)(=O)c4cccn5ccnc45)c3F)ccc12. The van der Waals surface area contributed by atoms with Gasteiger partial charge in [0.25, 0.3) is 5.91 Å². The number of nitrogens with one attached hydrogen (secondary N) is 2. The summed E-state index contributed by atoms with van der Waals surface area (Å²) in [6.07, 6.45) is 4.90. The minimum Gasteiger partial charge on any atom is -0.396 e. The number of pyridine rings is 1. The quantitative estimate of drug-likeness (QED) is 0.258. The second-order valence-electron chi connectivity index (χ2n) is 8.44. The van der Waals surface area contributed by atoms with Crippen molar-refractivity contribution in [1.82, 2.24) is 24.9 Å². The van der Waals surface area contributed by atoms with Crippen LogP contribution in [-0.2, 0) is 15.6 Å². The highest BCUT2D eigenvalue weighted by atomic mass is 32.2. The number of sulfone groups is 1. The van der Waals surface area contributed by atoms with Crippen LogP contribution in [0.25, 0.3) is 27.7 Å². The van der Waals surface area contributed by atoms with Crippen molar-refractivity contribution in [3.05, 3.63) is 83.7 Å². The Labute approximate surface area is 213 Å². The first kappa shape index (κ1) is 25.4. The number of amides is 1. The van der Waals surface area contributed by atoms with Crippen molar-refractivity contribution in [1.29, 1.82) is 0 Å². The number of carbonyl (C=O) groups is 1. The van der Waals surface area contributed by atoms with Gasteiger partial charge in [0.1, 0.15) is 27.7 Å². The van der Waals surface area contributed by atoms with Gasteiger partial charge in [0.15, 0.2) is 21.3 Å². The molecule has 1 amide bonds. The van der Waals surface area contributed by atoms with Gasteiger partial charge in [-0.05, 0) is 30.7 Å². The number of imidazole rings is 1. The number of hydrogen-bond acceptors (Lipinski definition) is 6. The normalized spacial score (nSPS) is 11.9. The number of carbonyl (C=O) groups excluding carboxylic acids is 1. The number of benzene rings is 2. The Kier molecular flexibility index (Phi) is 6.63. The molecule has 0 atom stereocenters. The van der Waals surface area contributed by atoms with E-state index in [4.69, 9.17) is 5.11 Å². The van der Waals surface area contributed by atoms with Crippen LogP contribution < -0.4 is 5.32 Å². The van der Waals surface area contributed by atoms with Crippen molar-refractivity contribution >= 4 is 32.3 Å². The van der Waals surface area contributed by atoms with E-state index in [0.29, 0.717) is 6.42 Å². The molecule has 3 aromatic heterocycles. The van der Waals surface area contributed by atoms with E-state index in [9.17, 15) is 17.6 Å². The van der Waals surface area contributed by atoms with Crippen LogP contribution in [0.5, 0.6) is 0 Å². The van der Waals surface area contributed by atoms with Crippen molar-refractivity contribution < 1.29 is 31.5 Å². The molecule has 5 aromatic rings. The third-order valence-corrected chi connectivity index (χ3v) is 7.70. The lowest BCUT2D eigenvalue weighted by atomic mass is 9.99. The molecule has 38 heavy (non-hydrogen) atoms. The fraction of sp³-hybridized carbons (Fsp3) is 0.160. The monoisotopic (exact) mass is 543 g/mol. The number of nitrogens with zero attached hydrogens (tertiary/aromatic N) is 3. The van der Waals surface area contributed by atoms with Crippen LogP contribution in [0.4, 0.5) is 13.2 Å². The second-order valence-corrected chi connectivity index (χ2v) is 10.4. The summed E-state index contributed by atoms with van der Waals surface area (Å²) < 4.78 is 73.7. The summed E-state index contributed by atoms with van der Waals surface area (Å²) in [5.41, 5.74) is -1.83. The number of H-pyrrole nitrogens is 1. The predicted octanol–water partition coefficient (Wildman–Crippen LogP) is 3.38. The first-order valence-electron chi connectivity index (χ1n) is 11.4. The van der Waals surface area contributed by atoms with Crippen LogP contribution >= 0.6 is 0 Å². The van der Waals surface area contributed by atoms with E-state index < -0.39 is 50.1 Å². The van der Waals surface area contributed by atoms with E-state index in [0.717, 1.165) is 18.2 Å². The molecule has 0 radical (unpaired) electrons. The predicted molar refractivity (Wildman–Crippen MR) is 132 cm³/mol. The van der Waals surface area contributed by atoms with E-state index in [-0.39, 0.29) is 45.9 Å². The molecule has 0 spiro atoms. The maximum atomic E-state index is 15.6. The van der Waals surface area contributed by atoms with E-state index in [1.54, 1.807) is 12.4 Å². The molecule has 196 valence electrons. The zero-order valence-electron chi connectivity index (χ0n) is 19.6. The maximum absolute atomic E-state index is 15.6. The Morgan fingerprint density at radius 2 is 1.89 bits per heavy atom. The van der Waals surface area contributed by atoms with Crippen molar-refractivity contribution in [2.24, 2.45) is 0 Å². The molecule has 0 saturated carbocycles. The highest BCUT2D eigenvalue weighted by Gasteiger charge is 2.26. The third-order valence-electron chi connectivity index (χ3n) is 6.02. The van der Waals surface area contributed by atoms with Gasteiger partial charge in [0, 0.05) is 48.3 Å². The zero-order chi connectivity index (χ0) is 27.0. The summed E-state index contributed by atoms with van der Waals surface area (Å²) in [6, 6.07) is 7.10. The molecule has 0 unspecified atom stereocenters. The number of aliphatic hydroxyl groups is 1. The van der Waals surface area contributed by atoms with E-state index in [2.05, 4.69) is 20.5 Å². The van der Waals surface area contributed by atoms with Gasteiger partial charge in [0.05, 0.1) is 11.3 Å². The van der Waals surface area contributed by atoms with E-state index >= 15 is 8.78 Å². The average Bonchev–Trinajstić information content (AvgIpc) is 3.54. The van der Waals surface area contributed by atoms with Crippen LogP contribution in [-0.4, -0.2) is 52.2 Å². The van der Waals surface area contributed by atoms with Gasteiger partial charge in [0.2, 0.25) is 0 Å². The summed E-state index contributed by atoms with van der Waals surface area (Å²) >= 11 is 0. The van der Waals surface area contributed by atoms with Crippen molar-refractivity contribution in [3.63, 3.8) is 0 Å². The number of halogens is 3. The van der Waals surface area contributed by atoms with Crippen LogP contribution in [0, 0.1) is 17.5 Å². The van der Waals surface area contributed by atoms with Crippen molar-refractivity contribution in [2.75, 3.05) is 13.2 Å². The van der Waals surface area contributed by atoms with Crippen LogP contribution in [0.3, 0.4) is 0 Å². The molecular weight excluding hydrogens is 523 g/mol. The molecule has 0 aliphatic carbocycles. The van der Waals surface area contributed by atoms with Gasteiger partial charge >= 0.3 is 0 Å². The van der Waals surface area contributed by atoms with Gasteiger partial charge in [-0.3, -0.25) is 9.89 Å². The Bertz CT molecular complexity index is 1800. The lowest BCUT2D eigenvalue weighted by molar-refractivity contribution is 0.0947. The number of aromatic amines is 1. The van der Waals surface area contributed by atoms with E-state index in [1.807, 2.05) is 0 Å². The lowest BCUT2D eigenvalue weighted by Gasteiger charge is -2.12. The number of aliphatic hydroxyl groups excluding tert-OH is 1. The summed E-state index contributed by atoms with van der Waals surface area (Å²) in [4.78, 5) is 16.3. The largest absolute Gasteiger partial charge is 0.396 e. The first-order valence-corrected chi connectivity index (χ1v) is 13.1. The highest BCUT2D eigenvalue weighted by molar-refractivity contribution is 7.90. The summed E-state index contributed by atoms with van der Waals surface area (Å²) in [7, 11) is -4.12. The number of aromatic nitrogens is 4. The highest BCUT2D eigenvalue weighted by Crippen LogP contribution is 2.35. The van der Waals surface area contributed by atoms with Crippen LogP contribution in [0.2, 0.25) is 0 Å². The molecule has 0 saturated heterocycles. The van der Waals surface area contributed by atoms with Gasteiger partial charge in [-0.1, -0.05) is 12.1 Å². The third kappa shape index (κ3) is 4.39. The topological polar surface area (TPSA) is 129 Å². The average molecular weight is 544 g/mol. The summed E-state index contributed by atoms with van der Waals surface area (Å²) in [6.45, 7) is 0.0517. The Hall–Kier alpha value is -4.23. The molecule has 0 aliphatic heterocycles. The van der Waals surface area contributed by atoms with Crippen molar-refractivity contribution in [3.8, 4) is 11.1 Å². The van der Waals surface area contributed by atoms with Crippen molar-refractivity contribution in [2.45, 2.75) is 17.1 Å². The van der Waals surface area contributed by atoms with Gasteiger partial charge in [-0.25, -0.2) is 26.6 Å². The van der Waals surface area contributed by atoms with Crippen LogP contribution in [0.1, 0.15) is 22.5 Å². The Morgan fingerprint density at radius 1 is 1.08 bits per heavy atom. The molecule has 3 heterocycles. The Morgan fingerprint density at radius 3 is 2.68 bits per heavy atom. The summed E-state index contributed by atoms with van der Waals surface area (Å²) in [5.74, 6) is -4.84. The fourth-order valence-corrected chi connectivity index (χ4v) is 5.69. The minimum atomic E-state index is -4.12. The summed E-state index contributed by atoms with van der Waals surface area (Å²) in [5, 5.41) is 17.7. The number of hydrogen-bond donors (Lipinski definition) is 3. The second kappa shape index (κ2) is 9.91.